The van der Waals surface area contributed by atoms with Crippen molar-refractivity contribution in [2.75, 3.05) is 0 Å². The Hall–Kier alpha value is -1.74. The summed E-state index contributed by atoms with van der Waals surface area (Å²) in [5.41, 5.74) is 0. The fourth-order valence-electron chi connectivity index (χ4n) is 0.935. The molecular weight excluding hydrogens is 214 g/mol. The minimum absolute atomic E-state index is 0.213. The lowest BCUT2D eigenvalue weighted by molar-refractivity contribution is 0.447. The summed E-state index contributed by atoms with van der Waals surface area (Å²) in [5.74, 6) is 0.853. The largest absolute Gasteiger partial charge is 0.459 e. The first-order valence-corrected chi connectivity index (χ1v) is 5.11. The van der Waals surface area contributed by atoms with Crippen LogP contribution < -0.4 is 0 Å². The van der Waals surface area contributed by atoms with Gasteiger partial charge in [0.25, 0.3) is 11.1 Å². The van der Waals surface area contributed by atoms with Gasteiger partial charge >= 0.3 is 0 Å². The maximum Gasteiger partial charge on any atom is 0.284 e. The molecule has 0 amide bonds. The Morgan fingerprint density at radius 2 is 2.40 bits per heavy atom. The molecule has 0 saturated heterocycles. The predicted octanol–water partition coefficient (Wildman–Crippen LogP) is 2.33. The monoisotopic (exact) mass is 221 g/mol. The summed E-state index contributed by atoms with van der Waals surface area (Å²) in [6.07, 6.45) is 1.53. The molecule has 0 radical (unpaired) electrons. The zero-order valence-electron chi connectivity index (χ0n) is 7.88. The van der Waals surface area contributed by atoms with Crippen LogP contribution >= 0.6 is 11.8 Å². The summed E-state index contributed by atoms with van der Waals surface area (Å²) >= 11 is 1.22. The van der Waals surface area contributed by atoms with Crippen molar-refractivity contribution in [3.05, 3.63) is 18.4 Å². The van der Waals surface area contributed by atoms with Gasteiger partial charge in [0, 0.05) is 0 Å². The van der Waals surface area contributed by atoms with Gasteiger partial charge in [0.2, 0.25) is 0 Å². The lowest BCUT2D eigenvalue weighted by Crippen LogP contribution is -1.88. The summed E-state index contributed by atoms with van der Waals surface area (Å²) in [6, 6.07) is 5.54. The molecular formula is C9H7N3O2S. The van der Waals surface area contributed by atoms with Crippen LogP contribution in [0.5, 0.6) is 0 Å². The fraction of sp³-hybridized carbons (Fsp3) is 0.222. The van der Waals surface area contributed by atoms with Crippen LogP contribution in [0.3, 0.4) is 0 Å². The van der Waals surface area contributed by atoms with E-state index in [2.05, 4.69) is 16.3 Å². The molecule has 2 aromatic rings. The van der Waals surface area contributed by atoms with Gasteiger partial charge in [-0.15, -0.1) is 10.2 Å². The van der Waals surface area contributed by atoms with Gasteiger partial charge in [0.05, 0.1) is 17.6 Å². The van der Waals surface area contributed by atoms with E-state index in [0.717, 1.165) is 0 Å². The molecule has 0 aromatic carbocycles. The van der Waals surface area contributed by atoms with Gasteiger partial charge in [0.15, 0.2) is 5.76 Å². The third kappa shape index (κ3) is 2.19. The SMILES string of the molecule is C[C@H](C#N)Sc1nnc(-c2ccco2)o1. The van der Waals surface area contributed by atoms with E-state index >= 15 is 0 Å². The predicted molar refractivity (Wildman–Crippen MR) is 52.9 cm³/mol. The summed E-state index contributed by atoms with van der Waals surface area (Å²) in [5, 5.41) is 16.4. The second-order valence-corrected chi connectivity index (χ2v) is 4.03. The van der Waals surface area contributed by atoms with E-state index in [0.29, 0.717) is 16.9 Å². The molecule has 1 atom stereocenters. The van der Waals surface area contributed by atoms with E-state index in [4.69, 9.17) is 14.1 Å². The first kappa shape index (κ1) is 9.80. The molecule has 0 N–H and O–H groups in total. The van der Waals surface area contributed by atoms with Gasteiger partial charge in [0.1, 0.15) is 0 Å². The molecule has 0 aliphatic carbocycles. The number of nitriles is 1. The first-order chi connectivity index (χ1) is 7.29. The minimum Gasteiger partial charge on any atom is -0.459 e. The standard InChI is InChI=1S/C9H7N3O2S/c1-6(5-10)15-9-12-11-8(14-9)7-3-2-4-13-7/h2-4,6H,1H3/t6-/m1/s1. The molecule has 0 aliphatic heterocycles. The zero-order valence-corrected chi connectivity index (χ0v) is 8.69. The highest BCUT2D eigenvalue weighted by atomic mass is 32.2. The average molecular weight is 221 g/mol. The maximum absolute atomic E-state index is 8.61. The van der Waals surface area contributed by atoms with E-state index in [9.17, 15) is 0 Å². The molecule has 0 bridgehead atoms. The summed E-state index contributed by atoms with van der Waals surface area (Å²) < 4.78 is 10.4. The number of hydrogen-bond donors (Lipinski definition) is 0. The van der Waals surface area contributed by atoms with Crippen molar-refractivity contribution >= 4 is 11.8 Å². The number of thioether (sulfide) groups is 1. The molecule has 0 aliphatic rings. The molecule has 2 rings (SSSR count). The summed E-state index contributed by atoms with van der Waals surface area (Å²) in [6.45, 7) is 1.77. The van der Waals surface area contributed by atoms with Crippen LogP contribution in [0, 0.1) is 11.3 Å². The van der Waals surface area contributed by atoms with Crippen LogP contribution in [-0.4, -0.2) is 15.4 Å². The molecule has 0 fully saturated rings. The molecule has 76 valence electrons. The van der Waals surface area contributed by atoms with Crippen LogP contribution in [0.1, 0.15) is 6.92 Å². The Morgan fingerprint density at radius 1 is 1.53 bits per heavy atom. The van der Waals surface area contributed by atoms with Gasteiger partial charge in [-0.25, -0.2) is 0 Å². The van der Waals surface area contributed by atoms with Crippen molar-refractivity contribution in [3.63, 3.8) is 0 Å². The van der Waals surface area contributed by atoms with Crippen LogP contribution in [0.15, 0.2) is 32.5 Å². The van der Waals surface area contributed by atoms with Gasteiger partial charge in [-0.2, -0.15) is 5.26 Å². The van der Waals surface area contributed by atoms with Crippen molar-refractivity contribution in [2.24, 2.45) is 0 Å². The molecule has 2 heterocycles. The highest BCUT2D eigenvalue weighted by molar-refractivity contribution is 7.99. The number of hydrogen-bond acceptors (Lipinski definition) is 6. The molecule has 0 unspecified atom stereocenters. The van der Waals surface area contributed by atoms with Crippen LogP contribution in [-0.2, 0) is 0 Å². The van der Waals surface area contributed by atoms with E-state index in [1.165, 1.54) is 18.0 Å². The van der Waals surface area contributed by atoms with Gasteiger partial charge in [-0.3, -0.25) is 0 Å². The summed E-state index contributed by atoms with van der Waals surface area (Å²) in [7, 11) is 0. The summed E-state index contributed by atoms with van der Waals surface area (Å²) in [4.78, 5) is 0. The first-order valence-electron chi connectivity index (χ1n) is 4.23. The van der Waals surface area contributed by atoms with E-state index in [1.54, 1.807) is 19.1 Å². The van der Waals surface area contributed by atoms with Crippen molar-refractivity contribution in [2.45, 2.75) is 17.4 Å². The smallest absolute Gasteiger partial charge is 0.284 e. The second-order valence-electron chi connectivity index (χ2n) is 2.74. The molecule has 15 heavy (non-hydrogen) atoms. The minimum atomic E-state index is -0.213. The molecule has 5 nitrogen and oxygen atoms in total. The zero-order chi connectivity index (χ0) is 10.7. The second kappa shape index (κ2) is 4.19. The van der Waals surface area contributed by atoms with Crippen LogP contribution in [0.2, 0.25) is 0 Å². The quantitative estimate of drug-likeness (QED) is 0.740. The average Bonchev–Trinajstić information content (AvgIpc) is 2.85. The van der Waals surface area contributed by atoms with E-state index in [-0.39, 0.29) is 5.25 Å². The molecule has 0 saturated carbocycles. The number of rotatable bonds is 3. The highest BCUT2D eigenvalue weighted by Gasteiger charge is 2.13. The maximum atomic E-state index is 8.61. The third-order valence-corrected chi connectivity index (χ3v) is 2.42. The van der Waals surface area contributed by atoms with E-state index in [1.807, 2.05) is 0 Å². The number of furan rings is 1. The van der Waals surface area contributed by atoms with Crippen LogP contribution in [0.25, 0.3) is 11.7 Å². The van der Waals surface area contributed by atoms with Gasteiger partial charge in [-0.1, -0.05) is 0 Å². The molecule has 6 heteroatoms. The third-order valence-electron chi connectivity index (χ3n) is 1.60. The number of nitrogens with zero attached hydrogens (tertiary/aromatic N) is 3. The Balaban J connectivity index is 2.15. The van der Waals surface area contributed by atoms with Crippen LogP contribution in [0.4, 0.5) is 0 Å². The van der Waals surface area contributed by atoms with Crippen molar-refractivity contribution in [1.82, 2.24) is 10.2 Å². The van der Waals surface area contributed by atoms with Gasteiger partial charge in [-0.05, 0) is 30.8 Å². The number of aromatic nitrogens is 2. The topological polar surface area (TPSA) is 75.8 Å². The Morgan fingerprint density at radius 3 is 3.07 bits per heavy atom. The Kier molecular flexibility index (Phi) is 2.74. The Labute approximate surface area is 90.1 Å². The molecule has 2 aromatic heterocycles. The lowest BCUT2D eigenvalue weighted by atomic mass is 10.5. The lowest BCUT2D eigenvalue weighted by Gasteiger charge is -1.93. The van der Waals surface area contributed by atoms with Crippen molar-refractivity contribution in [3.8, 4) is 17.7 Å². The normalized spacial score (nSPS) is 12.3. The van der Waals surface area contributed by atoms with Gasteiger partial charge < -0.3 is 8.83 Å². The Bertz CT molecular complexity index is 472. The molecule has 0 spiro atoms. The van der Waals surface area contributed by atoms with Crippen molar-refractivity contribution in [1.29, 1.82) is 5.26 Å². The van der Waals surface area contributed by atoms with Crippen molar-refractivity contribution < 1.29 is 8.83 Å². The van der Waals surface area contributed by atoms with E-state index < -0.39 is 0 Å². The fourth-order valence-corrected chi connectivity index (χ4v) is 1.50. The highest BCUT2D eigenvalue weighted by Crippen LogP contribution is 2.25.